The molecule has 15 atom stereocenters. The summed E-state index contributed by atoms with van der Waals surface area (Å²) >= 11 is 0. The Bertz CT molecular complexity index is 2050. The summed E-state index contributed by atoms with van der Waals surface area (Å²) in [4.78, 5) is 30.1. The van der Waals surface area contributed by atoms with E-state index in [-0.39, 0.29) is 20.6 Å². The quantitative estimate of drug-likeness (QED) is 0.0833. The van der Waals surface area contributed by atoms with Crippen LogP contribution >= 0.6 is 0 Å². The van der Waals surface area contributed by atoms with Crippen molar-refractivity contribution in [3.05, 3.63) is 39.2 Å². The fraction of sp³-hybridized carbons (Fsp3) is 0.783. The molecule has 5 aliphatic rings. The molecule has 372 valence electrons. The summed E-state index contributed by atoms with van der Waals surface area (Å²) in [6.45, 7) is 7.12. The minimum atomic E-state index is -1.66. The summed E-state index contributed by atoms with van der Waals surface area (Å²) in [5.74, 6) is -0.855. The van der Waals surface area contributed by atoms with Crippen molar-refractivity contribution in [1.29, 1.82) is 0 Å². The molecule has 66 heavy (non-hydrogen) atoms. The first-order chi connectivity index (χ1) is 31.1. The maximum atomic E-state index is 14.2. The number of rotatable bonds is 15. The summed E-state index contributed by atoms with van der Waals surface area (Å²) in [7, 11) is 10.8. The van der Waals surface area contributed by atoms with Gasteiger partial charge in [0.05, 0.1) is 74.3 Å². The van der Waals surface area contributed by atoms with Crippen molar-refractivity contribution in [1.82, 2.24) is 5.32 Å². The molecule has 6 heterocycles. The molecule has 20 heteroatoms. The van der Waals surface area contributed by atoms with Crippen molar-refractivity contribution in [2.75, 3.05) is 80.1 Å². The molecule has 1 amide bonds. The SMILES string of the molecule is CC(C)O[C@@H]1OC(CO)[C@@H](O[C@@H]2OC(CO)[C@@H](O[C@@H]3OC(CO)[C@@H](OC(C)C)[C@H](O)C3[N+](C)(C)C)[C@H](O)C2[N+](C)(C)C)[C@H](O)C1NC(=O)c1cc2cc3c4c(c2oc1=O)CCCN4CCC3. The van der Waals surface area contributed by atoms with Gasteiger partial charge in [0.25, 0.3) is 5.91 Å². The lowest BCUT2D eigenvalue weighted by atomic mass is 9.90. The first-order valence-corrected chi connectivity index (χ1v) is 23.3. The highest BCUT2D eigenvalue weighted by atomic mass is 16.8. The van der Waals surface area contributed by atoms with Gasteiger partial charge in [-0.05, 0) is 71.1 Å². The van der Waals surface area contributed by atoms with Crippen molar-refractivity contribution in [2.24, 2.45) is 0 Å². The molecular formula is C46H74N4O16+2. The lowest BCUT2D eigenvalue weighted by Crippen LogP contribution is -2.73. The molecule has 0 spiro atoms. The van der Waals surface area contributed by atoms with Crippen LogP contribution in [0, 0.1) is 0 Å². The van der Waals surface area contributed by atoms with Crippen LogP contribution in [0.2, 0.25) is 0 Å². The molecule has 5 aliphatic heterocycles. The molecule has 0 radical (unpaired) electrons. The van der Waals surface area contributed by atoms with Gasteiger partial charge in [0.15, 0.2) is 18.4 Å². The summed E-state index contributed by atoms with van der Waals surface area (Å²) < 4.78 is 50.1. The van der Waals surface area contributed by atoms with Gasteiger partial charge in [-0.15, -0.1) is 0 Å². The van der Waals surface area contributed by atoms with E-state index in [2.05, 4.69) is 10.2 Å². The Morgan fingerprint density at radius 2 is 1.23 bits per heavy atom. The number of nitrogens with zero attached hydrogens (tertiary/aromatic N) is 3. The molecule has 0 aliphatic carbocycles. The van der Waals surface area contributed by atoms with E-state index in [0.29, 0.717) is 11.0 Å². The third-order valence-corrected chi connectivity index (χ3v) is 13.5. The lowest BCUT2D eigenvalue weighted by molar-refractivity contribution is -0.913. The second kappa shape index (κ2) is 20.2. The number of nitrogens with one attached hydrogen (secondary N) is 1. The van der Waals surface area contributed by atoms with E-state index in [0.717, 1.165) is 55.6 Å². The standard InChI is InChI=1S/C46H73N4O16/c1-22(2)59-40-29(20-52)62-46(33(36(40)55)49(5,6)7)66-41-30(21-53)63-45(34(37(41)56)50(8,9)10)65-39-28(19-51)61-44(60-23(3)4)31(35(39)54)47-42(57)27-18-25-17-24-13-11-15-48-16-12-14-26(32(24)48)38(25)64-43(27)58/h17-18,22-23,28-31,33-37,39-41,44-46,51-56H,11-16,19-21H2,1-10H3/q+1/p+1/t28?,29?,30?,31?,33?,34?,35-,36-,37-,39-,40-,41-,44-,45+,46+/m1/s1. The summed E-state index contributed by atoms with van der Waals surface area (Å²) in [6.07, 6.45) is -12.6. The first-order valence-electron chi connectivity index (χ1n) is 23.3. The topological polar surface area (TPSA) is 249 Å². The number of aliphatic hydroxyl groups excluding tert-OH is 6. The highest BCUT2D eigenvalue weighted by Gasteiger charge is 2.59. The third kappa shape index (κ3) is 10.2. The van der Waals surface area contributed by atoms with Crippen molar-refractivity contribution in [2.45, 2.75) is 158 Å². The van der Waals surface area contributed by atoms with Crippen molar-refractivity contribution < 1.29 is 82.0 Å². The number of likely N-dealkylation sites (N-methyl/N-ethyl adjacent to an activating group) is 2. The van der Waals surface area contributed by atoms with E-state index < -0.39 is 129 Å². The number of anilines is 1. The Kier molecular flexibility index (Phi) is 15.6. The predicted molar refractivity (Wildman–Crippen MR) is 237 cm³/mol. The van der Waals surface area contributed by atoms with Crippen LogP contribution in [0.25, 0.3) is 11.0 Å². The van der Waals surface area contributed by atoms with Crippen LogP contribution in [-0.2, 0) is 46.0 Å². The summed E-state index contributed by atoms with van der Waals surface area (Å²) in [6, 6.07) is 0.318. The number of aryl methyl sites for hydroxylation is 2. The van der Waals surface area contributed by atoms with E-state index in [9.17, 15) is 40.2 Å². The monoisotopic (exact) mass is 939 g/mol. The van der Waals surface area contributed by atoms with E-state index >= 15 is 0 Å². The molecule has 2 aromatic rings. The molecule has 0 saturated carbocycles. The van der Waals surface area contributed by atoms with E-state index in [4.69, 9.17) is 37.6 Å². The smallest absolute Gasteiger partial charge is 0.349 e. The predicted octanol–water partition coefficient (Wildman–Crippen LogP) is -1.04. The fourth-order valence-electron chi connectivity index (χ4n) is 10.5. The van der Waals surface area contributed by atoms with E-state index in [1.807, 2.05) is 41.1 Å². The van der Waals surface area contributed by atoms with Gasteiger partial charge in [-0.2, -0.15) is 0 Å². The largest absolute Gasteiger partial charge is 0.422 e. The second-order valence-electron chi connectivity index (χ2n) is 20.8. The lowest BCUT2D eigenvalue weighted by Gasteiger charge is -2.53. The first kappa shape index (κ1) is 51.0. The average Bonchev–Trinajstić information content (AvgIpc) is 3.23. The Balaban J connectivity index is 1.16. The number of amides is 1. The number of carbonyl (C=O) groups excluding carboxylic acids is 1. The number of benzene rings is 1. The number of fused-ring (bicyclic) bond motifs is 2. The van der Waals surface area contributed by atoms with Crippen LogP contribution in [0.1, 0.15) is 62.0 Å². The molecular weight excluding hydrogens is 865 g/mol. The maximum Gasteiger partial charge on any atom is 0.349 e. The maximum absolute atomic E-state index is 14.2. The van der Waals surface area contributed by atoms with E-state index in [1.54, 1.807) is 35.0 Å². The van der Waals surface area contributed by atoms with Crippen LogP contribution in [-0.4, -0.2) is 225 Å². The number of quaternary nitrogens is 2. The van der Waals surface area contributed by atoms with Gasteiger partial charge >= 0.3 is 5.63 Å². The highest BCUT2D eigenvalue weighted by molar-refractivity contribution is 5.98. The molecule has 7 rings (SSSR count). The number of hydrogen-bond acceptors (Lipinski definition) is 17. The van der Waals surface area contributed by atoms with Crippen LogP contribution in [0.15, 0.2) is 21.3 Å². The average molecular weight is 939 g/mol. The van der Waals surface area contributed by atoms with Crippen LogP contribution in [0.4, 0.5) is 5.69 Å². The molecule has 7 N–H and O–H groups in total. The Labute approximate surface area is 386 Å². The molecule has 1 aromatic carbocycles. The summed E-state index contributed by atoms with van der Waals surface area (Å²) in [5.41, 5.74) is 2.54. The van der Waals surface area contributed by atoms with Crippen LogP contribution in [0.3, 0.4) is 0 Å². The van der Waals surface area contributed by atoms with Gasteiger partial charge in [0.1, 0.15) is 72.1 Å². The minimum Gasteiger partial charge on any atom is -0.422 e. The van der Waals surface area contributed by atoms with Crippen LogP contribution < -0.4 is 15.8 Å². The normalized spacial score (nSPS) is 35.4. The van der Waals surface area contributed by atoms with E-state index in [1.165, 1.54) is 6.07 Å². The molecule has 3 fully saturated rings. The zero-order valence-electron chi connectivity index (χ0n) is 39.9. The van der Waals surface area contributed by atoms with Gasteiger partial charge in [-0.1, -0.05) is 0 Å². The Morgan fingerprint density at radius 1 is 0.727 bits per heavy atom. The van der Waals surface area contributed by atoms with Gasteiger partial charge in [-0.25, -0.2) is 4.79 Å². The Morgan fingerprint density at radius 3 is 1.76 bits per heavy atom. The van der Waals surface area contributed by atoms with Crippen molar-refractivity contribution in [3.63, 3.8) is 0 Å². The highest BCUT2D eigenvalue weighted by Crippen LogP contribution is 2.41. The molecule has 0 bridgehead atoms. The fourth-order valence-corrected chi connectivity index (χ4v) is 10.5. The zero-order valence-corrected chi connectivity index (χ0v) is 39.9. The number of hydrogen-bond donors (Lipinski definition) is 7. The number of aliphatic hydroxyl groups is 6. The van der Waals surface area contributed by atoms with Crippen molar-refractivity contribution in [3.8, 4) is 0 Å². The van der Waals surface area contributed by atoms with Gasteiger partial charge < -0.3 is 87.4 Å². The van der Waals surface area contributed by atoms with Gasteiger partial charge in [-0.3, -0.25) is 4.79 Å². The van der Waals surface area contributed by atoms with Crippen LogP contribution in [0.5, 0.6) is 0 Å². The van der Waals surface area contributed by atoms with Gasteiger partial charge in [0, 0.05) is 29.7 Å². The molecule has 3 saturated heterocycles. The van der Waals surface area contributed by atoms with Crippen molar-refractivity contribution >= 4 is 22.6 Å². The molecule has 20 nitrogen and oxygen atoms in total. The Hall–Kier alpha value is -2.90. The van der Waals surface area contributed by atoms with Gasteiger partial charge in [0.2, 0.25) is 12.6 Å². The second-order valence-corrected chi connectivity index (χ2v) is 20.8. The third-order valence-electron chi connectivity index (χ3n) is 13.5. The minimum absolute atomic E-state index is 0.00622. The number of carbonyl (C=O) groups is 1. The molecule has 1 aromatic heterocycles. The number of ether oxygens (including phenoxy) is 7. The zero-order chi connectivity index (χ0) is 48.2. The molecule has 6 unspecified atom stereocenters. The summed E-state index contributed by atoms with van der Waals surface area (Å²) in [5, 5.41) is 71.5.